The van der Waals surface area contributed by atoms with Crippen LogP contribution in [0.2, 0.25) is 0 Å². The van der Waals surface area contributed by atoms with Crippen molar-refractivity contribution < 1.29 is 13.6 Å². The molecule has 0 aliphatic heterocycles. The summed E-state index contributed by atoms with van der Waals surface area (Å²) in [6.45, 7) is 49.9. The van der Waals surface area contributed by atoms with Gasteiger partial charge in [-0.3, -0.25) is 13.6 Å². The lowest BCUT2D eigenvalue weighted by Crippen LogP contribution is -2.41. The molecule has 4 heteroatoms. The SMILES string of the molecule is CCCCCCCC(OP(OC(CCCCCCC)(c1ccccc1C(C)(C)C)c1ccccc1C(C)(C)C)OC(CCCCCCC)(c1ccccc1C(C)(C)C)c1ccccc1C(C)(C)C)(c1ccccc1C(C)(C)C)c1ccccc1C(C)(C)C. The second-order valence-electron chi connectivity index (χ2n) is 32.2. The number of unbranched alkanes of at least 4 members (excludes halogenated alkanes) is 12. The van der Waals surface area contributed by atoms with Gasteiger partial charge in [0.05, 0.1) is 0 Å². The molecule has 0 unspecified atom stereocenters. The Labute approximate surface area is 541 Å². The summed E-state index contributed by atoms with van der Waals surface area (Å²) in [4.78, 5) is 0. The zero-order valence-corrected chi connectivity index (χ0v) is 60.7. The van der Waals surface area contributed by atoms with Gasteiger partial charge in [-0.05, 0) is 138 Å². The average molecular weight is 1210 g/mol. The summed E-state index contributed by atoms with van der Waals surface area (Å²) in [7, 11) is -2.44. The van der Waals surface area contributed by atoms with Gasteiger partial charge in [0.15, 0.2) is 0 Å². The van der Waals surface area contributed by atoms with E-state index in [4.69, 9.17) is 13.6 Å². The molecule has 0 bridgehead atoms. The monoisotopic (exact) mass is 1210 g/mol. The van der Waals surface area contributed by atoms with Crippen LogP contribution in [0.3, 0.4) is 0 Å². The molecule has 3 nitrogen and oxygen atoms in total. The predicted molar refractivity (Wildman–Crippen MR) is 383 cm³/mol. The maximum Gasteiger partial charge on any atom is 0.336 e. The molecule has 6 aromatic carbocycles. The van der Waals surface area contributed by atoms with Gasteiger partial charge in [0, 0.05) is 0 Å². The van der Waals surface area contributed by atoms with E-state index in [0.717, 1.165) is 57.8 Å². The molecule has 482 valence electrons. The largest absolute Gasteiger partial charge is 0.336 e. The molecule has 0 saturated heterocycles. The van der Waals surface area contributed by atoms with E-state index < -0.39 is 25.4 Å². The number of benzene rings is 6. The van der Waals surface area contributed by atoms with Crippen LogP contribution >= 0.6 is 8.60 Å². The van der Waals surface area contributed by atoms with E-state index in [1.54, 1.807) is 0 Å². The van der Waals surface area contributed by atoms with Gasteiger partial charge < -0.3 is 0 Å². The molecule has 0 aromatic heterocycles. The molecule has 0 aliphatic rings. The summed E-state index contributed by atoms with van der Waals surface area (Å²) >= 11 is 0. The van der Waals surface area contributed by atoms with Crippen LogP contribution in [0.1, 0.15) is 328 Å². The van der Waals surface area contributed by atoms with Gasteiger partial charge in [-0.2, -0.15) is 0 Å². The second-order valence-corrected chi connectivity index (χ2v) is 33.2. The van der Waals surface area contributed by atoms with Gasteiger partial charge >= 0.3 is 8.60 Å². The van der Waals surface area contributed by atoms with E-state index in [9.17, 15) is 0 Å². The lowest BCUT2D eigenvalue weighted by molar-refractivity contribution is -0.0277. The Morgan fingerprint density at radius 3 is 0.511 bits per heavy atom. The average Bonchev–Trinajstić information content (AvgIpc) is 0.747. The highest BCUT2D eigenvalue weighted by atomic mass is 31.2. The Balaban J connectivity index is 1.98. The first-order valence-corrected chi connectivity index (χ1v) is 35.9. The van der Waals surface area contributed by atoms with Gasteiger partial charge in [0.2, 0.25) is 0 Å². The minimum absolute atomic E-state index is 0.242. The molecule has 0 radical (unpaired) electrons. The standard InChI is InChI=1S/C84H123O3P/c1-22-25-28-31-46-61-82(70-55-40-34-49-64(70)76(4,5)6,71-56-41-35-50-65(71)77(7,8)9)85-88(86-83(62-47-32-29-26-23-2,72-57-42-36-51-66(72)78(10,11)12)73-58-43-37-52-67(73)79(13,14)15)87-84(63-48-33-30-27-24-3,74-59-44-38-53-68(74)80(16,17)18)75-60-45-39-54-69(75)81(19,20)21/h34-45,49-60H,22-33,46-48,61-63H2,1-21H3. The van der Waals surface area contributed by atoms with Crippen LogP contribution in [0.25, 0.3) is 0 Å². The molecule has 0 saturated carbocycles. The fraction of sp³-hybridized carbons (Fsp3) is 0.571. The van der Waals surface area contributed by atoms with Gasteiger partial charge in [-0.15, -0.1) is 0 Å². The van der Waals surface area contributed by atoms with Crippen molar-refractivity contribution >= 4 is 8.60 Å². The third-order valence-corrected chi connectivity index (χ3v) is 20.0. The smallest absolute Gasteiger partial charge is 0.296 e. The molecule has 0 amide bonds. The van der Waals surface area contributed by atoms with Crippen LogP contribution in [0, 0.1) is 0 Å². The topological polar surface area (TPSA) is 27.7 Å². The van der Waals surface area contributed by atoms with Crippen LogP contribution < -0.4 is 0 Å². The molecule has 0 N–H and O–H groups in total. The molecule has 6 rings (SSSR count). The van der Waals surface area contributed by atoms with Crippen molar-refractivity contribution in [3.05, 3.63) is 212 Å². The molecule has 0 heterocycles. The van der Waals surface area contributed by atoms with Crippen LogP contribution in [0.15, 0.2) is 146 Å². The van der Waals surface area contributed by atoms with E-state index in [1.807, 2.05) is 0 Å². The lowest BCUT2D eigenvalue weighted by Gasteiger charge is -2.49. The normalized spacial score (nSPS) is 13.4. The fourth-order valence-corrected chi connectivity index (χ4v) is 15.7. The van der Waals surface area contributed by atoms with E-state index in [2.05, 4.69) is 291 Å². The zero-order valence-electron chi connectivity index (χ0n) is 59.8. The zero-order chi connectivity index (χ0) is 64.8. The quantitative estimate of drug-likeness (QED) is 0.0332. The van der Waals surface area contributed by atoms with Crippen LogP contribution in [-0.2, 0) is 62.9 Å². The first kappa shape index (κ1) is 72.7. The summed E-state index contributed by atoms with van der Waals surface area (Å²) < 4.78 is 27.3. The molecule has 0 atom stereocenters. The second kappa shape index (κ2) is 30.8. The Morgan fingerprint density at radius 2 is 0.364 bits per heavy atom. The van der Waals surface area contributed by atoms with Crippen LogP contribution in [-0.4, -0.2) is 0 Å². The van der Waals surface area contributed by atoms with E-state index in [1.165, 1.54) is 125 Å². The maximum absolute atomic E-state index is 9.10. The molecule has 0 spiro atoms. The first-order valence-electron chi connectivity index (χ1n) is 34.8. The van der Waals surface area contributed by atoms with E-state index in [-0.39, 0.29) is 32.5 Å². The van der Waals surface area contributed by atoms with Gasteiger partial charge in [0.1, 0.15) is 16.8 Å². The number of hydrogen-bond acceptors (Lipinski definition) is 3. The van der Waals surface area contributed by atoms with Gasteiger partial charge in [-0.1, -0.05) is 368 Å². The van der Waals surface area contributed by atoms with Gasteiger partial charge in [0.25, 0.3) is 0 Å². The molecule has 0 fully saturated rings. The van der Waals surface area contributed by atoms with Crippen molar-refractivity contribution in [1.82, 2.24) is 0 Å². The summed E-state index contributed by atoms with van der Waals surface area (Å²) in [5, 5.41) is 0. The van der Waals surface area contributed by atoms with E-state index in [0.29, 0.717) is 0 Å². The lowest BCUT2D eigenvalue weighted by atomic mass is 9.70. The molecule has 6 aromatic rings. The molecule has 88 heavy (non-hydrogen) atoms. The highest BCUT2D eigenvalue weighted by Gasteiger charge is 2.53. The number of rotatable bonds is 30. The van der Waals surface area contributed by atoms with Gasteiger partial charge in [-0.25, -0.2) is 0 Å². The summed E-state index contributed by atoms with van der Waals surface area (Å²) in [5.41, 5.74) is 10.2. The third kappa shape index (κ3) is 17.8. The van der Waals surface area contributed by atoms with Crippen molar-refractivity contribution in [2.75, 3.05) is 0 Å². The minimum atomic E-state index is -2.44. The number of hydrogen-bond donors (Lipinski definition) is 0. The third-order valence-electron chi connectivity index (χ3n) is 18.6. The van der Waals surface area contributed by atoms with Crippen LogP contribution in [0.4, 0.5) is 0 Å². The molecule has 0 aliphatic carbocycles. The summed E-state index contributed by atoms with van der Waals surface area (Å²) in [6, 6.07) is 55.8. The van der Waals surface area contributed by atoms with Crippen LogP contribution in [0.5, 0.6) is 0 Å². The molecular weight excluding hydrogens is 1090 g/mol. The first-order chi connectivity index (χ1) is 41.3. The summed E-state index contributed by atoms with van der Waals surface area (Å²) in [5.74, 6) is 0. The highest BCUT2D eigenvalue weighted by molar-refractivity contribution is 7.41. The minimum Gasteiger partial charge on any atom is -0.296 e. The predicted octanol–water partition coefficient (Wildman–Crippen LogP) is 26.0. The molecular formula is C84H123O3P. The Bertz CT molecular complexity index is 2580. The Morgan fingerprint density at radius 1 is 0.216 bits per heavy atom. The van der Waals surface area contributed by atoms with E-state index >= 15 is 0 Å². The Kier molecular flexibility index (Phi) is 25.5. The maximum atomic E-state index is 9.10. The van der Waals surface area contributed by atoms with Crippen molar-refractivity contribution in [2.45, 2.75) is 310 Å². The van der Waals surface area contributed by atoms with Crippen molar-refractivity contribution in [1.29, 1.82) is 0 Å². The highest BCUT2D eigenvalue weighted by Crippen LogP contribution is 2.65. The van der Waals surface area contributed by atoms with Crippen molar-refractivity contribution in [3.63, 3.8) is 0 Å². The Hall–Kier alpha value is -4.37. The van der Waals surface area contributed by atoms with Crippen molar-refractivity contribution in [2.24, 2.45) is 0 Å². The van der Waals surface area contributed by atoms with Crippen molar-refractivity contribution in [3.8, 4) is 0 Å². The fourth-order valence-electron chi connectivity index (χ4n) is 14.0. The summed E-state index contributed by atoms with van der Waals surface area (Å²) in [6.07, 6.45) is 19.0.